The third kappa shape index (κ3) is 7.11. The molecule has 0 aliphatic heterocycles. The average Bonchev–Trinajstić information content (AvgIpc) is 2.88. The van der Waals surface area contributed by atoms with Gasteiger partial charge in [0.05, 0.1) is 14.2 Å². The molecular weight excluding hydrogens is 446 g/mol. The molecule has 3 aromatic carbocycles. The number of nitrogens with one attached hydrogen (secondary N) is 2. The SMILES string of the molecule is COc1ccc(NC(=O)COc2ccc(/C=C(/C#N)C(=O)Nc3ccc(C)cc3)cc2OC)cc1. The van der Waals surface area contributed by atoms with Crippen molar-refractivity contribution in [2.75, 3.05) is 31.5 Å². The summed E-state index contributed by atoms with van der Waals surface area (Å²) in [5, 5.41) is 14.9. The molecular formula is C27H25N3O5. The second kappa shape index (κ2) is 11.9. The maximum atomic E-state index is 12.5. The molecule has 0 atom stereocenters. The molecule has 178 valence electrons. The normalized spacial score (nSPS) is 10.6. The number of nitriles is 1. The minimum atomic E-state index is -0.522. The highest BCUT2D eigenvalue weighted by Crippen LogP contribution is 2.29. The van der Waals surface area contributed by atoms with E-state index in [1.165, 1.54) is 13.2 Å². The largest absolute Gasteiger partial charge is 0.497 e. The molecule has 0 aromatic heterocycles. The van der Waals surface area contributed by atoms with E-state index in [0.29, 0.717) is 34.2 Å². The van der Waals surface area contributed by atoms with Gasteiger partial charge in [0.2, 0.25) is 0 Å². The van der Waals surface area contributed by atoms with E-state index < -0.39 is 5.91 Å². The van der Waals surface area contributed by atoms with Crippen molar-refractivity contribution in [3.05, 3.63) is 83.4 Å². The van der Waals surface area contributed by atoms with E-state index in [-0.39, 0.29) is 18.1 Å². The Bertz CT molecular complexity index is 1260. The summed E-state index contributed by atoms with van der Waals surface area (Å²) in [5.74, 6) is 0.515. The monoisotopic (exact) mass is 471 g/mol. The molecule has 3 aromatic rings. The van der Waals surface area contributed by atoms with Gasteiger partial charge >= 0.3 is 0 Å². The van der Waals surface area contributed by atoms with Crippen LogP contribution in [0.3, 0.4) is 0 Å². The van der Waals surface area contributed by atoms with Gasteiger partial charge in [0.25, 0.3) is 11.8 Å². The first-order valence-corrected chi connectivity index (χ1v) is 10.7. The van der Waals surface area contributed by atoms with Crippen LogP contribution in [0.25, 0.3) is 6.08 Å². The van der Waals surface area contributed by atoms with E-state index in [9.17, 15) is 14.9 Å². The molecule has 0 unspecified atom stereocenters. The predicted octanol–water partition coefficient (Wildman–Crippen LogP) is 4.58. The van der Waals surface area contributed by atoms with Crippen LogP contribution >= 0.6 is 0 Å². The second-order valence-corrected chi connectivity index (χ2v) is 7.47. The maximum absolute atomic E-state index is 12.5. The van der Waals surface area contributed by atoms with Crippen LogP contribution in [0.5, 0.6) is 17.2 Å². The lowest BCUT2D eigenvalue weighted by atomic mass is 10.1. The Hall–Kier alpha value is -4.77. The fourth-order valence-corrected chi connectivity index (χ4v) is 3.06. The number of aryl methyl sites for hydroxylation is 1. The topological polar surface area (TPSA) is 110 Å². The van der Waals surface area contributed by atoms with E-state index in [0.717, 1.165) is 5.56 Å². The van der Waals surface area contributed by atoms with Crippen molar-refractivity contribution in [3.8, 4) is 23.3 Å². The molecule has 2 amide bonds. The molecule has 2 N–H and O–H groups in total. The first-order valence-electron chi connectivity index (χ1n) is 10.7. The minimum absolute atomic E-state index is 0.0693. The number of carbonyl (C=O) groups excluding carboxylic acids is 2. The molecule has 0 aliphatic carbocycles. The Morgan fingerprint density at radius 3 is 2.17 bits per heavy atom. The van der Waals surface area contributed by atoms with Gasteiger partial charge in [-0.15, -0.1) is 0 Å². The summed E-state index contributed by atoms with van der Waals surface area (Å²) in [4.78, 5) is 24.7. The van der Waals surface area contributed by atoms with E-state index in [2.05, 4.69) is 10.6 Å². The number of nitrogens with zero attached hydrogens (tertiary/aromatic N) is 1. The van der Waals surface area contributed by atoms with Crippen LogP contribution in [0.4, 0.5) is 11.4 Å². The van der Waals surface area contributed by atoms with Crippen LogP contribution in [0.1, 0.15) is 11.1 Å². The van der Waals surface area contributed by atoms with Gasteiger partial charge < -0.3 is 24.8 Å². The van der Waals surface area contributed by atoms with Crippen LogP contribution in [0, 0.1) is 18.3 Å². The lowest BCUT2D eigenvalue weighted by Crippen LogP contribution is -2.20. The molecule has 3 rings (SSSR count). The molecule has 8 nitrogen and oxygen atoms in total. The molecule has 0 bridgehead atoms. The standard InChI is InChI=1S/C27H25N3O5/c1-18-4-7-22(8-5-18)30-27(32)20(16-28)14-19-6-13-24(25(15-19)34-3)35-17-26(31)29-21-9-11-23(33-2)12-10-21/h4-15H,17H2,1-3H3,(H,29,31)(H,30,32)/b20-14-. The molecule has 0 radical (unpaired) electrons. The van der Waals surface area contributed by atoms with E-state index in [4.69, 9.17) is 14.2 Å². The molecule has 0 aliphatic rings. The Kier molecular flexibility index (Phi) is 8.46. The summed E-state index contributed by atoms with van der Waals surface area (Å²) in [5.41, 5.74) is 2.76. The summed E-state index contributed by atoms with van der Waals surface area (Å²) in [6.45, 7) is 1.71. The number of amides is 2. The number of hydrogen-bond donors (Lipinski definition) is 2. The molecule has 35 heavy (non-hydrogen) atoms. The fourth-order valence-electron chi connectivity index (χ4n) is 3.06. The first-order chi connectivity index (χ1) is 16.9. The second-order valence-electron chi connectivity index (χ2n) is 7.47. The van der Waals surface area contributed by atoms with E-state index in [1.807, 2.05) is 25.1 Å². The molecule has 0 fully saturated rings. The van der Waals surface area contributed by atoms with Gasteiger partial charge in [-0.05, 0) is 67.1 Å². The zero-order valence-corrected chi connectivity index (χ0v) is 19.6. The van der Waals surface area contributed by atoms with Crippen molar-refractivity contribution in [3.63, 3.8) is 0 Å². The lowest BCUT2D eigenvalue weighted by molar-refractivity contribution is -0.118. The summed E-state index contributed by atoms with van der Waals surface area (Å²) in [6.07, 6.45) is 1.45. The van der Waals surface area contributed by atoms with Crippen LogP contribution < -0.4 is 24.8 Å². The molecule has 0 heterocycles. The fraction of sp³-hybridized carbons (Fsp3) is 0.148. The number of methoxy groups -OCH3 is 2. The Balaban J connectivity index is 1.65. The van der Waals surface area contributed by atoms with Gasteiger partial charge in [-0.2, -0.15) is 5.26 Å². The summed E-state index contributed by atoms with van der Waals surface area (Å²) < 4.78 is 16.1. The molecule has 0 spiro atoms. The van der Waals surface area contributed by atoms with Gasteiger partial charge in [-0.1, -0.05) is 23.8 Å². The van der Waals surface area contributed by atoms with Gasteiger partial charge in [0, 0.05) is 11.4 Å². The average molecular weight is 472 g/mol. The smallest absolute Gasteiger partial charge is 0.266 e. The van der Waals surface area contributed by atoms with Crippen LogP contribution in [0.15, 0.2) is 72.3 Å². The van der Waals surface area contributed by atoms with E-state index >= 15 is 0 Å². The first kappa shape index (κ1) is 24.9. The number of hydrogen-bond acceptors (Lipinski definition) is 6. The third-order valence-electron chi connectivity index (χ3n) is 4.91. The van der Waals surface area contributed by atoms with Crippen molar-refractivity contribution < 1.29 is 23.8 Å². The summed E-state index contributed by atoms with van der Waals surface area (Å²) in [7, 11) is 3.03. The highest BCUT2D eigenvalue weighted by atomic mass is 16.5. The quantitative estimate of drug-likeness (QED) is 0.349. The Labute approximate surface area is 203 Å². The number of benzene rings is 3. The van der Waals surface area contributed by atoms with Crippen molar-refractivity contribution in [2.24, 2.45) is 0 Å². The molecule has 0 saturated heterocycles. The van der Waals surface area contributed by atoms with E-state index in [1.54, 1.807) is 61.7 Å². The van der Waals surface area contributed by atoms with Crippen molar-refractivity contribution in [1.29, 1.82) is 5.26 Å². The van der Waals surface area contributed by atoms with Gasteiger partial charge in [-0.25, -0.2) is 0 Å². The van der Waals surface area contributed by atoms with Gasteiger partial charge in [-0.3, -0.25) is 9.59 Å². The third-order valence-corrected chi connectivity index (χ3v) is 4.91. The number of carbonyl (C=O) groups is 2. The Morgan fingerprint density at radius 1 is 0.886 bits per heavy atom. The lowest BCUT2D eigenvalue weighted by Gasteiger charge is -2.12. The van der Waals surface area contributed by atoms with Gasteiger partial charge in [0.15, 0.2) is 18.1 Å². The molecule has 8 heteroatoms. The van der Waals surface area contributed by atoms with Gasteiger partial charge in [0.1, 0.15) is 17.4 Å². The van der Waals surface area contributed by atoms with Crippen molar-refractivity contribution in [2.45, 2.75) is 6.92 Å². The highest BCUT2D eigenvalue weighted by Gasteiger charge is 2.12. The Morgan fingerprint density at radius 2 is 1.54 bits per heavy atom. The summed E-state index contributed by atoms with van der Waals surface area (Å²) in [6, 6.07) is 21.0. The number of ether oxygens (including phenoxy) is 3. The zero-order chi connectivity index (χ0) is 25.2. The number of rotatable bonds is 9. The maximum Gasteiger partial charge on any atom is 0.266 e. The predicted molar refractivity (Wildman–Crippen MR) is 134 cm³/mol. The minimum Gasteiger partial charge on any atom is -0.497 e. The van der Waals surface area contributed by atoms with Crippen molar-refractivity contribution >= 4 is 29.3 Å². The van der Waals surface area contributed by atoms with Crippen LogP contribution in [0.2, 0.25) is 0 Å². The van der Waals surface area contributed by atoms with Crippen LogP contribution in [-0.2, 0) is 9.59 Å². The summed E-state index contributed by atoms with van der Waals surface area (Å²) >= 11 is 0. The van der Waals surface area contributed by atoms with Crippen molar-refractivity contribution in [1.82, 2.24) is 0 Å². The van der Waals surface area contributed by atoms with Crippen LogP contribution in [-0.4, -0.2) is 32.6 Å². The highest BCUT2D eigenvalue weighted by molar-refractivity contribution is 6.09. The number of anilines is 2. The molecule has 0 saturated carbocycles. The zero-order valence-electron chi connectivity index (χ0n) is 19.6.